The monoisotopic (exact) mass is 364 g/mol. The first-order chi connectivity index (χ1) is 11.8. The summed E-state index contributed by atoms with van der Waals surface area (Å²) in [4.78, 5) is 12.6. The van der Waals surface area contributed by atoms with Crippen molar-refractivity contribution in [2.45, 2.75) is 25.9 Å². The van der Waals surface area contributed by atoms with E-state index in [0.29, 0.717) is 0 Å². The number of rotatable bonds is 7. The first-order valence-electron chi connectivity index (χ1n) is 7.90. The molecule has 0 bridgehead atoms. The van der Waals surface area contributed by atoms with Crippen LogP contribution in [0.2, 0.25) is 0 Å². The molecule has 1 atom stereocenters. The second-order valence-electron chi connectivity index (χ2n) is 5.64. The maximum absolute atomic E-state index is 14.1. The lowest BCUT2D eigenvalue weighted by Crippen LogP contribution is -2.49. The number of sulfonamides is 1. The normalized spacial score (nSPS) is 12.4. The van der Waals surface area contributed by atoms with Crippen LogP contribution in [0.25, 0.3) is 0 Å². The van der Waals surface area contributed by atoms with Gasteiger partial charge in [0.25, 0.3) is 0 Å². The fourth-order valence-corrected chi connectivity index (χ4v) is 3.78. The van der Waals surface area contributed by atoms with Crippen LogP contribution in [0.1, 0.15) is 18.9 Å². The maximum atomic E-state index is 14.1. The molecular weight excluding hydrogens is 343 g/mol. The predicted molar refractivity (Wildman–Crippen MR) is 96.1 cm³/mol. The minimum absolute atomic E-state index is 0.133. The molecule has 2 rings (SSSR count). The molecule has 0 aliphatic heterocycles. The van der Waals surface area contributed by atoms with Crippen molar-refractivity contribution in [3.63, 3.8) is 0 Å². The highest BCUT2D eigenvalue weighted by atomic mass is 32.2. The molecule has 134 valence electrons. The molecular formula is C18H21FN2O3S. The van der Waals surface area contributed by atoms with Gasteiger partial charge in [0, 0.05) is 6.54 Å². The lowest BCUT2D eigenvalue weighted by molar-refractivity contribution is -0.122. The first kappa shape index (κ1) is 18.9. The highest BCUT2D eigenvalue weighted by Gasteiger charge is 2.32. The summed E-state index contributed by atoms with van der Waals surface area (Å²) in [7, 11) is -3.85. The van der Waals surface area contributed by atoms with E-state index in [9.17, 15) is 17.6 Å². The molecule has 1 amide bonds. The molecule has 0 aromatic heterocycles. The fraction of sp³-hybridized carbons (Fsp3) is 0.278. The zero-order chi connectivity index (χ0) is 18.4. The summed E-state index contributed by atoms with van der Waals surface area (Å²) < 4.78 is 39.5. The van der Waals surface area contributed by atoms with Crippen molar-refractivity contribution < 1.29 is 17.6 Å². The number of anilines is 1. The van der Waals surface area contributed by atoms with Gasteiger partial charge >= 0.3 is 0 Å². The van der Waals surface area contributed by atoms with Crippen molar-refractivity contribution in [2.24, 2.45) is 0 Å². The SMILES string of the molecule is CCC(C(=O)NCc1ccccc1)N(c1ccccc1F)S(C)(=O)=O. The van der Waals surface area contributed by atoms with Crippen LogP contribution in [-0.2, 0) is 21.4 Å². The first-order valence-corrected chi connectivity index (χ1v) is 9.75. The largest absolute Gasteiger partial charge is 0.350 e. The summed E-state index contributed by atoms with van der Waals surface area (Å²) in [6.45, 7) is 1.96. The van der Waals surface area contributed by atoms with Crippen molar-refractivity contribution in [3.8, 4) is 0 Å². The molecule has 2 aromatic rings. The maximum Gasteiger partial charge on any atom is 0.244 e. The average Bonchev–Trinajstić information content (AvgIpc) is 2.58. The van der Waals surface area contributed by atoms with Gasteiger partial charge in [-0.3, -0.25) is 9.10 Å². The Morgan fingerprint density at radius 2 is 1.72 bits per heavy atom. The Morgan fingerprint density at radius 3 is 2.28 bits per heavy atom. The predicted octanol–water partition coefficient (Wildman–Crippen LogP) is 2.69. The number of hydrogen-bond donors (Lipinski definition) is 1. The Bertz CT molecular complexity index is 825. The van der Waals surface area contributed by atoms with E-state index in [2.05, 4.69) is 5.32 Å². The molecule has 5 nitrogen and oxygen atoms in total. The standard InChI is InChI=1S/C18H21FN2O3S/c1-3-16(18(22)20-13-14-9-5-4-6-10-14)21(25(2,23)24)17-12-8-7-11-15(17)19/h4-12,16H,3,13H2,1-2H3,(H,20,22). The topological polar surface area (TPSA) is 66.5 Å². The van der Waals surface area contributed by atoms with E-state index in [0.717, 1.165) is 16.1 Å². The van der Waals surface area contributed by atoms with Crippen molar-refractivity contribution in [1.29, 1.82) is 0 Å². The van der Waals surface area contributed by atoms with Gasteiger partial charge in [-0.05, 0) is 24.1 Å². The van der Waals surface area contributed by atoms with E-state index in [1.807, 2.05) is 30.3 Å². The number of halogens is 1. The summed E-state index contributed by atoms with van der Waals surface area (Å²) in [5, 5.41) is 2.72. The van der Waals surface area contributed by atoms with Crippen LogP contribution in [0.15, 0.2) is 54.6 Å². The van der Waals surface area contributed by atoms with E-state index in [1.54, 1.807) is 6.92 Å². The lowest BCUT2D eigenvalue weighted by atomic mass is 10.1. The van der Waals surface area contributed by atoms with Crippen LogP contribution < -0.4 is 9.62 Å². The third kappa shape index (κ3) is 4.79. The van der Waals surface area contributed by atoms with Crippen molar-refractivity contribution in [3.05, 3.63) is 66.0 Å². The lowest BCUT2D eigenvalue weighted by Gasteiger charge is -2.30. The summed E-state index contributed by atoms with van der Waals surface area (Å²) >= 11 is 0. The molecule has 0 spiro atoms. The minimum atomic E-state index is -3.85. The Hall–Kier alpha value is -2.41. The second-order valence-corrected chi connectivity index (χ2v) is 7.50. The molecule has 0 radical (unpaired) electrons. The van der Waals surface area contributed by atoms with Crippen molar-refractivity contribution in [1.82, 2.24) is 5.32 Å². The number of nitrogens with one attached hydrogen (secondary N) is 1. The van der Waals surface area contributed by atoms with Gasteiger partial charge in [-0.1, -0.05) is 49.4 Å². The van der Waals surface area contributed by atoms with Crippen molar-refractivity contribution >= 4 is 21.6 Å². The van der Waals surface area contributed by atoms with Gasteiger partial charge < -0.3 is 5.32 Å². The number of nitrogens with zero attached hydrogens (tertiary/aromatic N) is 1. The van der Waals surface area contributed by atoms with Gasteiger partial charge in [-0.2, -0.15) is 0 Å². The highest BCUT2D eigenvalue weighted by Crippen LogP contribution is 2.25. The van der Waals surface area contributed by atoms with E-state index in [-0.39, 0.29) is 18.7 Å². The van der Waals surface area contributed by atoms with Crippen LogP contribution >= 0.6 is 0 Å². The number of carbonyl (C=O) groups is 1. The van der Waals surface area contributed by atoms with Gasteiger partial charge in [-0.15, -0.1) is 0 Å². The van der Waals surface area contributed by atoms with Crippen LogP contribution in [0.3, 0.4) is 0 Å². The van der Waals surface area contributed by atoms with Gasteiger partial charge in [0.2, 0.25) is 15.9 Å². The summed E-state index contributed by atoms with van der Waals surface area (Å²) in [5.74, 6) is -1.16. The van der Waals surface area contributed by atoms with Crippen molar-refractivity contribution in [2.75, 3.05) is 10.6 Å². The van der Waals surface area contributed by atoms with E-state index in [4.69, 9.17) is 0 Å². The summed E-state index contributed by atoms with van der Waals surface area (Å²) in [6, 6.07) is 13.8. The molecule has 0 aliphatic rings. The number of carbonyl (C=O) groups excluding carboxylic acids is 1. The summed E-state index contributed by atoms with van der Waals surface area (Å²) in [6.07, 6.45) is 1.18. The molecule has 1 unspecified atom stereocenters. The Kier molecular flexibility index (Phi) is 6.14. The quantitative estimate of drug-likeness (QED) is 0.821. The van der Waals surface area contributed by atoms with Crippen LogP contribution in [0.4, 0.5) is 10.1 Å². The number of benzene rings is 2. The average molecular weight is 364 g/mol. The number of para-hydroxylation sites is 1. The van der Waals surface area contributed by atoms with E-state index >= 15 is 0 Å². The molecule has 0 heterocycles. The van der Waals surface area contributed by atoms with Gasteiger partial charge in [0.15, 0.2) is 0 Å². The third-order valence-corrected chi connectivity index (χ3v) is 4.89. The van der Waals surface area contributed by atoms with E-state index in [1.165, 1.54) is 24.3 Å². The van der Waals surface area contributed by atoms with Crippen LogP contribution in [0, 0.1) is 5.82 Å². The Morgan fingerprint density at radius 1 is 1.12 bits per heavy atom. The molecule has 1 N–H and O–H groups in total. The Labute approximate surface area is 147 Å². The molecule has 0 fully saturated rings. The number of amides is 1. The van der Waals surface area contributed by atoms with Crippen LogP contribution in [0.5, 0.6) is 0 Å². The third-order valence-electron chi connectivity index (χ3n) is 3.73. The summed E-state index contributed by atoms with van der Waals surface area (Å²) in [5.41, 5.74) is 0.759. The van der Waals surface area contributed by atoms with Gasteiger partial charge in [0.1, 0.15) is 11.9 Å². The van der Waals surface area contributed by atoms with E-state index < -0.39 is 27.8 Å². The molecule has 2 aromatic carbocycles. The second kappa shape index (κ2) is 8.11. The zero-order valence-electron chi connectivity index (χ0n) is 14.1. The number of hydrogen-bond acceptors (Lipinski definition) is 3. The fourth-order valence-electron chi connectivity index (χ4n) is 2.57. The Balaban J connectivity index is 2.27. The van der Waals surface area contributed by atoms with Crippen LogP contribution in [-0.4, -0.2) is 26.6 Å². The van der Waals surface area contributed by atoms with Gasteiger partial charge in [0.05, 0.1) is 11.9 Å². The molecule has 7 heteroatoms. The molecule has 0 saturated carbocycles. The molecule has 0 aliphatic carbocycles. The highest BCUT2D eigenvalue weighted by molar-refractivity contribution is 7.92. The molecule has 25 heavy (non-hydrogen) atoms. The molecule has 0 saturated heterocycles. The zero-order valence-corrected chi connectivity index (χ0v) is 15.0. The minimum Gasteiger partial charge on any atom is -0.350 e. The smallest absolute Gasteiger partial charge is 0.244 e. The van der Waals surface area contributed by atoms with Gasteiger partial charge in [-0.25, -0.2) is 12.8 Å².